The molecule has 4 heteroatoms. The van der Waals surface area contributed by atoms with Crippen molar-refractivity contribution in [3.05, 3.63) is 65.2 Å². The molecule has 0 saturated heterocycles. The van der Waals surface area contributed by atoms with Crippen LogP contribution in [-0.4, -0.2) is 17.3 Å². The highest BCUT2D eigenvalue weighted by Crippen LogP contribution is 2.45. The molecule has 0 radical (unpaired) electrons. The Kier molecular flexibility index (Phi) is 2.68. The van der Waals surface area contributed by atoms with Crippen LogP contribution in [-0.2, 0) is 4.75 Å². The lowest BCUT2D eigenvalue weighted by atomic mass is 9.88. The van der Waals surface area contributed by atoms with Crippen LogP contribution in [0.5, 0.6) is 0 Å². The van der Waals surface area contributed by atoms with E-state index in [0.717, 1.165) is 11.3 Å². The highest BCUT2D eigenvalue weighted by atomic mass is 32.1. The van der Waals surface area contributed by atoms with Gasteiger partial charge in [0.1, 0.15) is 4.75 Å². The first kappa shape index (κ1) is 12.0. The summed E-state index contributed by atoms with van der Waals surface area (Å²) >= 11 is 4.70. The summed E-state index contributed by atoms with van der Waals surface area (Å²) in [6.45, 7) is 0. The Morgan fingerprint density at radius 2 is 1.68 bits per heavy atom. The number of thiol groups is 1. The SMILES string of the molecule is O=C(O)c1ccccc1C1(S)C=Nc2ccccc21. The van der Waals surface area contributed by atoms with Crippen LogP contribution in [0.2, 0.25) is 0 Å². The summed E-state index contributed by atoms with van der Waals surface area (Å²) in [6.07, 6.45) is 1.70. The predicted octanol–water partition coefficient (Wildman–Crippen LogP) is 3.27. The first-order chi connectivity index (χ1) is 9.13. The largest absolute Gasteiger partial charge is 0.478 e. The van der Waals surface area contributed by atoms with Crippen molar-refractivity contribution in [2.75, 3.05) is 0 Å². The first-order valence-electron chi connectivity index (χ1n) is 5.83. The second kappa shape index (κ2) is 4.24. The maximum absolute atomic E-state index is 11.4. The summed E-state index contributed by atoms with van der Waals surface area (Å²) in [5.74, 6) is -0.957. The quantitative estimate of drug-likeness (QED) is 0.822. The number of rotatable bonds is 2. The third-order valence-corrected chi connectivity index (χ3v) is 3.87. The number of hydrogen-bond acceptors (Lipinski definition) is 3. The maximum Gasteiger partial charge on any atom is 0.336 e. The van der Waals surface area contributed by atoms with E-state index in [0.29, 0.717) is 5.56 Å². The second-order valence-electron chi connectivity index (χ2n) is 4.39. The van der Waals surface area contributed by atoms with Gasteiger partial charge in [0, 0.05) is 11.8 Å². The normalized spacial score (nSPS) is 20.3. The molecule has 1 aliphatic rings. The fraction of sp³-hybridized carbons (Fsp3) is 0.0667. The van der Waals surface area contributed by atoms with E-state index in [-0.39, 0.29) is 5.56 Å². The molecule has 0 spiro atoms. The van der Waals surface area contributed by atoms with E-state index < -0.39 is 10.7 Å². The molecule has 94 valence electrons. The zero-order chi connectivity index (χ0) is 13.5. The van der Waals surface area contributed by atoms with Gasteiger partial charge in [-0.15, -0.1) is 0 Å². The minimum absolute atomic E-state index is 0.251. The molecule has 2 aromatic rings. The van der Waals surface area contributed by atoms with Gasteiger partial charge in [0.15, 0.2) is 0 Å². The van der Waals surface area contributed by atoms with Gasteiger partial charge in [-0.3, -0.25) is 4.99 Å². The molecular weight excluding hydrogens is 258 g/mol. The molecular formula is C15H11NO2S. The van der Waals surface area contributed by atoms with Crippen LogP contribution >= 0.6 is 12.6 Å². The minimum atomic E-state index is -0.957. The number of carbonyl (C=O) groups is 1. The van der Waals surface area contributed by atoms with Crippen LogP contribution in [0.3, 0.4) is 0 Å². The second-order valence-corrected chi connectivity index (χ2v) is 5.10. The number of hydrogen-bond donors (Lipinski definition) is 2. The summed E-state index contributed by atoms with van der Waals surface area (Å²) in [5, 5.41) is 9.31. The molecule has 0 bridgehead atoms. The molecule has 0 fully saturated rings. The lowest BCUT2D eigenvalue weighted by Crippen LogP contribution is -2.23. The topological polar surface area (TPSA) is 49.7 Å². The lowest BCUT2D eigenvalue weighted by Gasteiger charge is -2.23. The van der Waals surface area contributed by atoms with Crippen molar-refractivity contribution in [1.82, 2.24) is 0 Å². The van der Waals surface area contributed by atoms with Crippen molar-refractivity contribution in [2.24, 2.45) is 4.99 Å². The Morgan fingerprint density at radius 3 is 2.42 bits per heavy atom. The Hall–Kier alpha value is -2.07. The molecule has 2 aromatic carbocycles. The monoisotopic (exact) mass is 269 g/mol. The predicted molar refractivity (Wildman–Crippen MR) is 77.8 cm³/mol. The Labute approximate surface area is 116 Å². The van der Waals surface area contributed by atoms with Crippen molar-refractivity contribution >= 4 is 30.5 Å². The first-order valence-corrected chi connectivity index (χ1v) is 6.27. The number of nitrogens with zero attached hydrogens (tertiary/aromatic N) is 1. The van der Waals surface area contributed by atoms with Gasteiger partial charge in [0.05, 0.1) is 11.3 Å². The summed E-state index contributed by atoms with van der Waals surface area (Å²) in [6, 6.07) is 14.5. The number of fused-ring (bicyclic) bond motifs is 1. The van der Waals surface area contributed by atoms with Crippen molar-refractivity contribution in [2.45, 2.75) is 4.75 Å². The van der Waals surface area contributed by atoms with E-state index in [1.807, 2.05) is 30.3 Å². The molecule has 1 aliphatic heterocycles. The molecule has 0 amide bonds. The summed E-state index contributed by atoms with van der Waals surface area (Å²) in [4.78, 5) is 15.7. The average Bonchev–Trinajstić information content (AvgIpc) is 2.78. The molecule has 0 aromatic heterocycles. The van der Waals surface area contributed by atoms with Gasteiger partial charge >= 0.3 is 5.97 Å². The van der Waals surface area contributed by atoms with E-state index in [9.17, 15) is 9.90 Å². The van der Waals surface area contributed by atoms with Crippen LogP contribution in [0.4, 0.5) is 5.69 Å². The van der Waals surface area contributed by atoms with E-state index in [4.69, 9.17) is 12.6 Å². The number of aliphatic imine (C=N–C) groups is 1. The van der Waals surface area contributed by atoms with Gasteiger partial charge in [-0.1, -0.05) is 36.4 Å². The average molecular weight is 269 g/mol. The number of para-hydroxylation sites is 1. The van der Waals surface area contributed by atoms with Crippen molar-refractivity contribution in [3.8, 4) is 0 Å². The van der Waals surface area contributed by atoms with Crippen LogP contribution in [0, 0.1) is 0 Å². The van der Waals surface area contributed by atoms with Gasteiger partial charge in [-0.05, 0) is 17.7 Å². The van der Waals surface area contributed by atoms with Gasteiger partial charge in [-0.2, -0.15) is 12.6 Å². The Balaban J connectivity index is 2.24. The van der Waals surface area contributed by atoms with Crippen molar-refractivity contribution in [3.63, 3.8) is 0 Å². The molecule has 1 N–H and O–H groups in total. The van der Waals surface area contributed by atoms with Gasteiger partial charge in [-0.25, -0.2) is 4.79 Å². The van der Waals surface area contributed by atoms with E-state index >= 15 is 0 Å². The fourth-order valence-electron chi connectivity index (χ4n) is 2.36. The van der Waals surface area contributed by atoms with E-state index in [2.05, 4.69) is 4.99 Å². The lowest BCUT2D eigenvalue weighted by molar-refractivity contribution is 0.0695. The fourth-order valence-corrected chi connectivity index (χ4v) is 2.80. The molecule has 19 heavy (non-hydrogen) atoms. The van der Waals surface area contributed by atoms with Gasteiger partial charge < -0.3 is 5.11 Å². The van der Waals surface area contributed by atoms with Gasteiger partial charge in [0.2, 0.25) is 0 Å². The summed E-state index contributed by atoms with van der Waals surface area (Å²) < 4.78 is -0.786. The standard InChI is InChI=1S/C15H11NO2S/c17-14(18)10-5-1-2-6-11(10)15(19)9-16-13-8-4-3-7-12(13)15/h1-9,19H,(H,17,18). The number of aromatic carboxylic acids is 1. The van der Waals surface area contributed by atoms with Crippen molar-refractivity contribution < 1.29 is 9.90 Å². The highest BCUT2D eigenvalue weighted by molar-refractivity contribution is 7.82. The molecule has 1 heterocycles. The van der Waals surface area contributed by atoms with E-state index in [1.165, 1.54) is 0 Å². The zero-order valence-corrected chi connectivity index (χ0v) is 10.8. The highest BCUT2D eigenvalue weighted by Gasteiger charge is 2.37. The van der Waals surface area contributed by atoms with Crippen LogP contribution in [0.25, 0.3) is 0 Å². The van der Waals surface area contributed by atoms with Crippen LogP contribution in [0.15, 0.2) is 53.5 Å². The number of carboxylic acids is 1. The number of carboxylic acid groups (broad SMARTS) is 1. The summed E-state index contributed by atoms with van der Waals surface area (Å²) in [5.41, 5.74) is 2.63. The Morgan fingerprint density at radius 1 is 1.05 bits per heavy atom. The minimum Gasteiger partial charge on any atom is -0.478 e. The van der Waals surface area contributed by atoms with Crippen LogP contribution < -0.4 is 0 Å². The Bertz CT molecular complexity index is 696. The molecule has 0 saturated carbocycles. The van der Waals surface area contributed by atoms with Gasteiger partial charge in [0.25, 0.3) is 0 Å². The third kappa shape index (κ3) is 1.76. The molecule has 1 unspecified atom stereocenters. The van der Waals surface area contributed by atoms with E-state index in [1.54, 1.807) is 24.4 Å². The summed E-state index contributed by atoms with van der Waals surface area (Å²) in [7, 11) is 0. The zero-order valence-electron chi connectivity index (χ0n) is 9.95. The molecule has 3 nitrogen and oxygen atoms in total. The molecule has 1 atom stereocenters. The smallest absolute Gasteiger partial charge is 0.336 e. The maximum atomic E-state index is 11.4. The molecule has 0 aliphatic carbocycles. The third-order valence-electron chi connectivity index (χ3n) is 3.27. The number of benzene rings is 2. The molecule has 3 rings (SSSR count). The van der Waals surface area contributed by atoms with Crippen LogP contribution in [0.1, 0.15) is 21.5 Å². The van der Waals surface area contributed by atoms with Crippen molar-refractivity contribution in [1.29, 1.82) is 0 Å².